The minimum Gasteiger partial charge on any atom is -0.456 e. The molecule has 142 valence electrons. The fourth-order valence-corrected chi connectivity index (χ4v) is 4.19. The Labute approximate surface area is 174 Å². The zero-order chi connectivity index (χ0) is 19.9. The van der Waals surface area contributed by atoms with Gasteiger partial charge in [-0.15, -0.1) is 0 Å². The quantitative estimate of drug-likeness (QED) is 0.305. The highest BCUT2D eigenvalue weighted by Crippen LogP contribution is 2.39. The van der Waals surface area contributed by atoms with Crippen molar-refractivity contribution < 1.29 is 4.42 Å². The number of rotatable bonds is 3. The van der Waals surface area contributed by atoms with Crippen molar-refractivity contribution in [2.75, 3.05) is 4.90 Å². The van der Waals surface area contributed by atoms with E-state index in [0.717, 1.165) is 39.0 Å². The lowest BCUT2D eigenvalue weighted by atomic mass is 10.1. The zero-order valence-electron chi connectivity index (χ0n) is 16.3. The molecule has 0 atom stereocenters. The first-order valence-electron chi connectivity index (χ1n) is 10.1. The molecule has 0 aliphatic heterocycles. The van der Waals surface area contributed by atoms with Crippen molar-refractivity contribution in [2.24, 2.45) is 0 Å². The highest BCUT2D eigenvalue weighted by molar-refractivity contribution is 6.06. The second-order valence-corrected chi connectivity index (χ2v) is 7.48. The first-order chi connectivity index (χ1) is 14.9. The smallest absolute Gasteiger partial charge is 0.135 e. The molecule has 1 heterocycles. The van der Waals surface area contributed by atoms with Crippen molar-refractivity contribution in [3.05, 3.63) is 115 Å². The molecule has 0 amide bonds. The van der Waals surface area contributed by atoms with Gasteiger partial charge in [0, 0.05) is 27.8 Å². The van der Waals surface area contributed by atoms with E-state index >= 15 is 0 Å². The maximum Gasteiger partial charge on any atom is 0.135 e. The average molecular weight is 385 g/mol. The van der Waals surface area contributed by atoms with Gasteiger partial charge in [0.05, 0.1) is 0 Å². The van der Waals surface area contributed by atoms with Crippen LogP contribution in [0.25, 0.3) is 32.7 Å². The Hall–Kier alpha value is -4.04. The van der Waals surface area contributed by atoms with E-state index in [9.17, 15) is 0 Å². The Morgan fingerprint density at radius 3 is 2.00 bits per heavy atom. The number of hydrogen-bond donors (Lipinski definition) is 0. The summed E-state index contributed by atoms with van der Waals surface area (Å²) in [5.74, 6) is 0. The minimum absolute atomic E-state index is 0.909. The Balaban J connectivity index is 1.59. The van der Waals surface area contributed by atoms with Gasteiger partial charge in [0.1, 0.15) is 11.2 Å². The molecule has 0 N–H and O–H groups in total. The molecule has 6 rings (SSSR count). The Kier molecular flexibility index (Phi) is 3.82. The van der Waals surface area contributed by atoms with Crippen LogP contribution >= 0.6 is 0 Å². The summed E-state index contributed by atoms with van der Waals surface area (Å²) in [7, 11) is 0. The first-order valence-corrected chi connectivity index (χ1v) is 10.1. The summed E-state index contributed by atoms with van der Waals surface area (Å²) < 4.78 is 6.04. The van der Waals surface area contributed by atoms with Crippen molar-refractivity contribution in [1.29, 1.82) is 0 Å². The molecule has 0 saturated carbocycles. The maximum atomic E-state index is 6.04. The van der Waals surface area contributed by atoms with Crippen LogP contribution in [0.1, 0.15) is 0 Å². The second-order valence-electron chi connectivity index (χ2n) is 7.48. The third-order valence-corrected chi connectivity index (χ3v) is 5.62. The molecule has 0 radical (unpaired) electrons. The lowest BCUT2D eigenvalue weighted by molar-refractivity contribution is 0.669. The molecule has 2 heteroatoms. The number of furan rings is 1. The topological polar surface area (TPSA) is 16.4 Å². The van der Waals surface area contributed by atoms with Crippen molar-refractivity contribution in [2.45, 2.75) is 0 Å². The highest BCUT2D eigenvalue weighted by Gasteiger charge is 2.15. The Morgan fingerprint density at radius 1 is 0.433 bits per heavy atom. The van der Waals surface area contributed by atoms with Crippen molar-refractivity contribution >= 4 is 49.8 Å². The van der Waals surface area contributed by atoms with Gasteiger partial charge in [0.25, 0.3) is 0 Å². The summed E-state index contributed by atoms with van der Waals surface area (Å²) in [6.07, 6.45) is 0. The summed E-state index contributed by atoms with van der Waals surface area (Å²) in [6.45, 7) is 0. The number of benzene rings is 5. The molecular formula is C28H19NO. The summed E-state index contributed by atoms with van der Waals surface area (Å²) in [4.78, 5) is 2.30. The predicted octanol–water partition coefficient (Wildman–Crippen LogP) is 8.21. The van der Waals surface area contributed by atoms with Crippen LogP contribution in [0.4, 0.5) is 17.1 Å². The molecule has 6 aromatic rings. The molecule has 0 bridgehead atoms. The summed E-state index contributed by atoms with van der Waals surface area (Å²) in [5.41, 5.74) is 5.19. The number of hydrogen-bond acceptors (Lipinski definition) is 2. The van der Waals surface area contributed by atoms with E-state index in [1.54, 1.807) is 0 Å². The third kappa shape index (κ3) is 2.73. The number of nitrogens with zero attached hydrogens (tertiary/aromatic N) is 1. The normalized spacial score (nSPS) is 11.3. The average Bonchev–Trinajstić information content (AvgIpc) is 3.18. The number of anilines is 3. The van der Waals surface area contributed by atoms with Gasteiger partial charge in [0.15, 0.2) is 0 Å². The SMILES string of the molecule is c1ccc(N(c2ccc3ccccc3c2)c2ccc3oc4ccccc4c3c2)cc1. The van der Waals surface area contributed by atoms with Gasteiger partial charge in [-0.25, -0.2) is 0 Å². The fourth-order valence-electron chi connectivity index (χ4n) is 4.19. The lowest BCUT2D eigenvalue weighted by Crippen LogP contribution is -2.09. The van der Waals surface area contributed by atoms with Crippen molar-refractivity contribution in [3.63, 3.8) is 0 Å². The molecule has 0 aliphatic rings. The van der Waals surface area contributed by atoms with Crippen LogP contribution in [0.2, 0.25) is 0 Å². The van der Waals surface area contributed by atoms with Gasteiger partial charge < -0.3 is 9.32 Å². The predicted molar refractivity (Wildman–Crippen MR) is 126 cm³/mol. The third-order valence-electron chi connectivity index (χ3n) is 5.62. The van der Waals surface area contributed by atoms with E-state index in [0.29, 0.717) is 0 Å². The van der Waals surface area contributed by atoms with Crippen LogP contribution in [0.15, 0.2) is 120 Å². The second kappa shape index (κ2) is 6.78. The van der Waals surface area contributed by atoms with Gasteiger partial charge in [-0.05, 0) is 59.3 Å². The van der Waals surface area contributed by atoms with E-state index in [1.807, 2.05) is 12.1 Å². The van der Waals surface area contributed by atoms with Crippen molar-refractivity contribution in [3.8, 4) is 0 Å². The van der Waals surface area contributed by atoms with Gasteiger partial charge >= 0.3 is 0 Å². The van der Waals surface area contributed by atoms with E-state index in [4.69, 9.17) is 4.42 Å². The fraction of sp³-hybridized carbons (Fsp3) is 0. The highest BCUT2D eigenvalue weighted by atomic mass is 16.3. The van der Waals surface area contributed by atoms with Gasteiger partial charge in [0.2, 0.25) is 0 Å². The van der Waals surface area contributed by atoms with Crippen LogP contribution in [0, 0.1) is 0 Å². The van der Waals surface area contributed by atoms with Gasteiger partial charge in [-0.3, -0.25) is 0 Å². The molecule has 0 aliphatic carbocycles. The Morgan fingerprint density at radius 2 is 1.10 bits per heavy atom. The molecule has 2 nitrogen and oxygen atoms in total. The first kappa shape index (κ1) is 16.9. The summed E-state index contributed by atoms with van der Waals surface area (Å²) in [5, 5.41) is 4.74. The Bertz CT molecular complexity index is 1500. The molecule has 0 saturated heterocycles. The summed E-state index contributed by atoms with van der Waals surface area (Å²) >= 11 is 0. The van der Waals surface area contributed by atoms with Crippen LogP contribution in [-0.4, -0.2) is 0 Å². The van der Waals surface area contributed by atoms with Gasteiger partial charge in [-0.2, -0.15) is 0 Å². The molecule has 30 heavy (non-hydrogen) atoms. The van der Waals surface area contributed by atoms with E-state index in [-0.39, 0.29) is 0 Å². The lowest BCUT2D eigenvalue weighted by Gasteiger charge is -2.25. The minimum atomic E-state index is 0.909. The van der Waals surface area contributed by atoms with Crippen LogP contribution in [0.5, 0.6) is 0 Å². The standard InChI is InChI=1S/C28H19NO/c1-2-10-22(11-3-1)29(23-15-14-20-8-4-5-9-21(20)18-23)24-16-17-28-26(19-24)25-12-6-7-13-27(25)30-28/h1-19H. The summed E-state index contributed by atoms with van der Waals surface area (Å²) in [6, 6.07) is 40.2. The van der Waals surface area contributed by atoms with E-state index in [1.165, 1.54) is 10.8 Å². The maximum absolute atomic E-state index is 6.04. The van der Waals surface area contributed by atoms with Crippen LogP contribution < -0.4 is 4.90 Å². The van der Waals surface area contributed by atoms with Crippen molar-refractivity contribution in [1.82, 2.24) is 0 Å². The molecule has 1 aromatic heterocycles. The number of fused-ring (bicyclic) bond motifs is 4. The largest absolute Gasteiger partial charge is 0.456 e. The number of para-hydroxylation sites is 2. The molecule has 5 aromatic carbocycles. The zero-order valence-corrected chi connectivity index (χ0v) is 16.3. The van der Waals surface area contributed by atoms with Crippen LogP contribution in [0.3, 0.4) is 0 Å². The monoisotopic (exact) mass is 385 g/mol. The molecule has 0 fully saturated rings. The van der Waals surface area contributed by atoms with Gasteiger partial charge in [-0.1, -0.05) is 66.7 Å². The molecule has 0 unspecified atom stereocenters. The van der Waals surface area contributed by atoms with E-state index < -0.39 is 0 Å². The molecular weight excluding hydrogens is 366 g/mol. The molecule has 0 spiro atoms. The van der Waals surface area contributed by atoms with E-state index in [2.05, 4.69) is 108 Å². The van der Waals surface area contributed by atoms with Crippen LogP contribution in [-0.2, 0) is 0 Å².